The van der Waals surface area contributed by atoms with E-state index in [2.05, 4.69) is 76.4 Å². The van der Waals surface area contributed by atoms with Gasteiger partial charge in [0, 0.05) is 30.5 Å². The summed E-state index contributed by atoms with van der Waals surface area (Å²) in [6, 6.07) is 28.7. The van der Waals surface area contributed by atoms with Gasteiger partial charge in [0.1, 0.15) is 11.6 Å². The predicted octanol–water partition coefficient (Wildman–Crippen LogP) is 9.11. The Kier molecular flexibility index (Phi) is 23.3. The number of carboxylic acid groups (broad SMARTS) is 1. The number of unbranched alkanes of at least 4 members (excludes halogenated alkanes) is 6. The number of carboxylic acids is 1. The molecule has 0 atom stereocenters. The van der Waals surface area contributed by atoms with E-state index in [1.54, 1.807) is 24.7 Å². The van der Waals surface area contributed by atoms with Gasteiger partial charge in [-0.15, -0.1) is 0 Å². The molecule has 9 nitrogen and oxygen atoms in total. The first-order chi connectivity index (χ1) is 24.0. The van der Waals surface area contributed by atoms with Crippen molar-refractivity contribution in [3.05, 3.63) is 127 Å². The van der Waals surface area contributed by atoms with Crippen molar-refractivity contribution in [1.29, 1.82) is 10.5 Å². The number of nitriles is 2. The molecule has 4 heterocycles. The van der Waals surface area contributed by atoms with Crippen molar-refractivity contribution in [3.8, 4) is 22.2 Å². The number of hydrogen-bond acceptors (Lipinski definition) is 10. The van der Waals surface area contributed by atoms with Gasteiger partial charge in [0.25, 0.3) is 0 Å². The number of rotatable bonds is 13. The van der Waals surface area contributed by atoms with Crippen LogP contribution in [0.1, 0.15) is 67.8 Å². The quantitative estimate of drug-likeness (QED) is 0.0529. The van der Waals surface area contributed by atoms with Gasteiger partial charge in [0.15, 0.2) is 0 Å². The van der Waals surface area contributed by atoms with Gasteiger partial charge in [-0.05, 0) is 79.1 Å². The standard InChI is InChI=1S/C26H31N3O2.C10H8N2.2CHNS.Ru/c1-2-3-4-5-6-7-8-11-21-13-15-23(16-14-21)29(24-12-9-10-18-27-24)25-20-22(26(30)31)17-19-28-25;1-3-7-11-9(5-1)10-6-2-4-8-12-10;2*2-1-3;/h9-10,12-20H,2-8,11H2,1H3,(H,30,31);1-8H;2*3H;/q;;;;+2/p-2. The van der Waals surface area contributed by atoms with Crippen molar-refractivity contribution in [1.82, 2.24) is 19.9 Å². The maximum absolute atomic E-state index is 11.4. The zero-order chi connectivity index (χ0) is 35.5. The largest absolute Gasteiger partial charge is 2.00 e. The third-order valence-corrected chi connectivity index (χ3v) is 6.96. The summed E-state index contributed by atoms with van der Waals surface area (Å²) < 4.78 is 0. The van der Waals surface area contributed by atoms with Gasteiger partial charge in [-0.3, -0.25) is 14.9 Å². The molecule has 5 aromatic rings. The van der Waals surface area contributed by atoms with Crippen LogP contribution in [0.3, 0.4) is 0 Å². The van der Waals surface area contributed by atoms with E-state index < -0.39 is 5.97 Å². The van der Waals surface area contributed by atoms with Crippen LogP contribution < -0.4 is 4.90 Å². The van der Waals surface area contributed by atoms with E-state index in [9.17, 15) is 9.90 Å². The molecule has 12 heteroatoms. The zero-order valence-corrected chi connectivity index (χ0v) is 31.2. The molecule has 0 spiro atoms. The molecule has 50 heavy (non-hydrogen) atoms. The average molecular weight is 791 g/mol. The number of aryl methyl sites for hydroxylation is 1. The van der Waals surface area contributed by atoms with Gasteiger partial charge >= 0.3 is 25.4 Å². The third kappa shape index (κ3) is 16.5. The first kappa shape index (κ1) is 43.2. The van der Waals surface area contributed by atoms with Crippen LogP contribution in [0.5, 0.6) is 0 Å². The number of nitrogens with zero attached hydrogens (tertiary/aromatic N) is 7. The molecule has 1 aromatic carbocycles. The minimum atomic E-state index is -0.977. The molecule has 0 saturated heterocycles. The van der Waals surface area contributed by atoms with Crippen LogP contribution in [0.25, 0.3) is 11.4 Å². The van der Waals surface area contributed by atoms with E-state index in [1.807, 2.05) is 59.5 Å². The van der Waals surface area contributed by atoms with Crippen molar-refractivity contribution < 1.29 is 29.4 Å². The van der Waals surface area contributed by atoms with E-state index in [4.69, 9.17) is 10.5 Å². The molecule has 4 aromatic heterocycles. The summed E-state index contributed by atoms with van der Waals surface area (Å²) in [5.41, 5.74) is 4.24. The van der Waals surface area contributed by atoms with Crippen LogP contribution in [0.15, 0.2) is 116 Å². The smallest absolute Gasteiger partial charge is 0.696 e. The fourth-order valence-electron chi connectivity index (χ4n) is 4.67. The summed E-state index contributed by atoms with van der Waals surface area (Å²) in [6.07, 6.45) is 17.0. The Bertz CT molecular complexity index is 1660. The Balaban J connectivity index is 0.000000541. The van der Waals surface area contributed by atoms with Crippen LogP contribution in [0, 0.1) is 21.3 Å². The van der Waals surface area contributed by atoms with Crippen LogP contribution in [-0.4, -0.2) is 31.0 Å². The Hall–Kier alpha value is -4.87. The van der Waals surface area contributed by atoms with Gasteiger partial charge in [-0.1, -0.05) is 86.6 Å². The molecule has 0 aliphatic rings. The molecule has 1 N–H and O–H groups in total. The Morgan fingerprint density at radius 2 is 1.18 bits per heavy atom. The van der Waals surface area contributed by atoms with Crippen molar-refractivity contribution in [3.63, 3.8) is 0 Å². The first-order valence-corrected chi connectivity index (χ1v) is 16.6. The molecule has 0 saturated carbocycles. The summed E-state index contributed by atoms with van der Waals surface area (Å²) in [4.78, 5) is 30.6. The summed E-state index contributed by atoms with van der Waals surface area (Å²) in [5.74, 6) is 0.241. The van der Waals surface area contributed by atoms with Gasteiger partial charge in [-0.2, -0.15) is 0 Å². The number of pyridine rings is 4. The van der Waals surface area contributed by atoms with Gasteiger partial charge < -0.3 is 30.4 Å². The second-order valence-corrected chi connectivity index (χ2v) is 10.7. The van der Waals surface area contributed by atoms with Crippen LogP contribution >= 0.6 is 0 Å². The molecule has 0 unspecified atom stereocenters. The molecular formula is C38H39N7O2RuS2. The minimum absolute atomic E-state index is 0. The first-order valence-electron chi connectivity index (χ1n) is 15.8. The molecular weight excluding hydrogens is 752 g/mol. The average Bonchev–Trinajstić information content (AvgIpc) is 3.14. The van der Waals surface area contributed by atoms with E-state index >= 15 is 0 Å². The second-order valence-electron chi connectivity index (χ2n) is 10.4. The van der Waals surface area contributed by atoms with Crippen LogP contribution in [-0.2, 0) is 51.2 Å². The number of aromatic nitrogens is 4. The molecule has 0 aliphatic carbocycles. The topological polar surface area (TPSA) is 140 Å². The van der Waals surface area contributed by atoms with Crippen LogP contribution in [0.4, 0.5) is 17.3 Å². The molecule has 0 amide bonds. The summed E-state index contributed by atoms with van der Waals surface area (Å²) in [7, 11) is 0. The third-order valence-electron chi connectivity index (χ3n) is 6.96. The minimum Gasteiger partial charge on any atom is -0.696 e. The fourth-order valence-corrected chi connectivity index (χ4v) is 4.67. The zero-order valence-electron chi connectivity index (χ0n) is 27.8. The Labute approximate surface area is 319 Å². The van der Waals surface area contributed by atoms with Gasteiger partial charge in [0.2, 0.25) is 0 Å². The van der Waals surface area contributed by atoms with Crippen LogP contribution in [0.2, 0.25) is 0 Å². The van der Waals surface area contributed by atoms with Crippen molar-refractivity contribution in [2.75, 3.05) is 4.90 Å². The Morgan fingerprint density at radius 1 is 0.680 bits per heavy atom. The normalized spacial score (nSPS) is 9.26. The predicted molar refractivity (Wildman–Crippen MR) is 199 cm³/mol. The van der Waals surface area contributed by atoms with Crippen molar-refractivity contribution >= 4 is 48.5 Å². The van der Waals surface area contributed by atoms with E-state index in [0.29, 0.717) is 11.6 Å². The second kappa shape index (κ2) is 27.0. The monoisotopic (exact) mass is 791 g/mol. The summed E-state index contributed by atoms with van der Waals surface area (Å²) in [5, 5.41) is 26.3. The van der Waals surface area contributed by atoms with Gasteiger partial charge in [-0.25, -0.2) is 25.3 Å². The van der Waals surface area contributed by atoms with E-state index in [0.717, 1.165) is 23.5 Å². The van der Waals surface area contributed by atoms with E-state index in [1.165, 1.54) is 73.6 Å². The number of aromatic carboxylic acids is 1. The summed E-state index contributed by atoms with van der Waals surface area (Å²) >= 11 is 7.40. The number of anilines is 3. The number of benzene rings is 1. The molecule has 0 aliphatic heterocycles. The molecule has 5 rings (SSSR count). The SMILES string of the molecule is CCCCCCCCCc1ccc(N(c2ccccn2)c2cc(C(=O)O)ccn2)cc1.N#C[S-].N#C[S-].[Ru+2].c1ccc(-c2ccccn2)nc1. The van der Waals surface area contributed by atoms with Crippen molar-refractivity contribution in [2.24, 2.45) is 0 Å². The summed E-state index contributed by atoms with van der Waals surface area (Å²) in [6.45, 7) is 2.25. The van der Waals surface area contributed by atoms with Crippen molar-refractivity contribution in [2.45, 2.75) is 58.3 Å². The van der Waals surface area contributed by atoms with E-state index in [-0.39, 0.29) is 25.0 Å². The number of carbonyl (C=O) groups is 1. The maximum Gasteiger partial charge on any atom is 2.00 e. The maximum atomic E-state index is 11.4. The number of thiocyanates is 2. The molecule has 258 valence electrons. The molecule has 0 fully saturated rings. The van der Waals surface area contributed by atoms with Gasteiger partial charge in [0.05, 0.1) is 17.0 Å². The molecule has 0 bridgehead atoms. The molecule has 0 radical (unpaired) electrons. The fraction of sp³-hybridized carbons (Fsp3) is 0.237. The Morgan fingerprint density at radius 3 is 1.66 bits per heavy atom. The number of hydrogen-bond donors (Lipinski definition) is 1.